The van der Waals surface area contributed by atoms with E-state index in [1.165, 1.54) is 19.2 Å². The highest BCUT2D eigenvalue weighted by Crippen LogP contribution is 2.38. The topological polar surface area (TPSA) is 127 Å². The Labute approximate surface area is 131 Å². The van der Waals surface area contributed by atoms with Gasteiger partial charge in [0.2, 0.25) is 0 Å². The maximum absolute atomic E-state index is 12.7. The Balaban J connectivity index is 2.45. The number of ketones is 2. The first-order chi connectivity index (χ1) is 10.8. The highest BCUT2D eigenvalue weighted by atomic mass is 32.2. The van der Waals surface area contributed by atoms with Crippen LogP contribution < -0.4 is 11.1 Å². The number of hydrogen-bond donors (Lipinski definition) is 3. The fourth-order valence-electron chi connectivity index (χ4n) is 2.70. The van der Waals surface area contributed by atoms with Crippen LogP contribution in [0.5, 0.6) is 0 Å². The Morgan fingerprint density at radius 1 is 1.04 bits per heavy atom. The highest BCUT2D eigenvalue weighted by molar-refractivity contribution is 7.86. The summed E-state index contributed by atoms with van der Waals surface area (Å²) in [6.45, 7) is 0. The molecule has 0 radical (unpaired) electrons. The molecular weight excluding hydrogens is 320 g/mol. The Bertz CT molecular complexity index is 980. The van der Waals surface area contributed by atoms with Crippen LogP contribution in [0.15, 0.2) is 35.2 Å². The molecule has 0 heterocycles. The predicted octanol–water partition coefficient (Wildman–Crippen LogP) is 1.33. The van der Waals surface area contributed by atoms with Crippen molar-refractivity contribution in [3.63, 3.8) is 0 Å². The fourth-order valence-corrected chi connectivity index (χ4v) is 3.35. The number of carbonyl (C=O) groups excluding carboxylic acids is 2. The van der Waals surface area contributed by atoms with Gasteiger partial charge in [-0.3, -0.25) is 14.1 Å². The van der Waals surface area contributed by atoms with E-state index in [4.69, 9.17) is 5.73 Å². The van der Waals surface area contributed by atoms with Crippen LogP contribution in [-0.4, -0.2) is 31.6 Å². The van der Waals surface area contributed by atoms with Crippen LogP contribution in [0.25, 0.3) is 0 Å². The zero-order valence-corrected chi connectivity index (χ0v) is 12.8. The predicted molar refractivity (Wildman–Crippen MR) is 83.5 cm³/mol. The van der Waals surface area contributed by atoms with Gasteiger partial charge in [-0.2, -0.15) is 8.42 Å². The second kappa shape index (κ2) is 4.90. The molecule has 8 heteroatoms. The minimum Gasteiger partial charge on any atom is -0.397 e. The smallest absolute Gasteiger partial charge is 0.296 e. The molecule has 0 bridgehead atoms. The van der Waals surface area contributed by atoms with Gasteiger partial charge in [0, 0.05) is 23.9 Å². The quantitative estimate of drug-likeness (QED) is 0.477. The molecule has 0 amide bonds. The second-order valence-corrected chi connectivity index (χ2v) is 6.40. The third-order valence-electron chi connectivity index (χ3n) is 3.75. The number of nitrogens with two attached hydrogens (primary N) is 1. The molecule has 23 heavy (non-hydrogen) atoms. The molecule has 118 valence electrons. The van der Waals surface area contributed by atoms with E-state index in [1.807, 2.05) is 0 Å². The summed E-state index contributed by atoms with van der Waals surface area (Å²) in [7, 11) is -3.18. The number of nitrogens with one attached hydrogen (secondary N) is 1. The zero-order valence-electron chi connectivity index (χ0n) is 12.0. The summed E-state index contributed by atoms with van der Waals surface area (Å²) in [5, 5.41) is 2.67. The lowest BCUT2D eigenvalue weighted by Crippen LogP contribution is -2.25. The molecule has 2 aromatic rings. The van der Waals surface area contributed by atoms with E-state index >= 15 is 0 Å². The van der Waals surface area contributed by atoms with Gasteiger partial charge in [-0.25, -0.2) is 0 Å². The monoisotopic (exact) mass is 332 g/mol. The van der Waals surface area contributed by atoms with Gasteiger partial charge in [0.15, 0.2) is 11.6 Å². The van der Waals surface area contributed by atoms with Crippen LogP contribution >= 0.6 is 0 Å². The Hall–Kier alpha value is -2.71. The highest BCUT2D eigenvalue weighted by Gasteiger charge is 2.36. The number of nitrogen functional groups attached to an aromatic ring is 1. The Morgan fingerprint density at radius 2 is 1.57 bits per heavy atom. The van der Waals surface area contributed by atoms with Gasteiger partial charge >= 0.3 is 0 Å². The number of carbonyl (C=O) groups is 2. The summed E-state index contributed by atoms with van der Waals surface area (Å²) < 4.78 is 32.3. The molecule has 0 fully saturated rings. The van der Waals surface area contributed by atoms with Crippen molar-refractivity contribution in [2.24, 2.45) is 0 Å². The third kappa shape index (κ3) is 2.11. The molecule has 0 saturated carbocycles. The number of anilines is 2. The third-order valence-corrected chi connectivity index (χ3v) is 4.64. The molecule has 3 rings (SSSR count). The van der Waals surface area contributed by atoms with Crippen molar-refractivity contribution < 1.29 is 22.6 Å². The van der Waals surface area contributed by atoms with Gasteiger partial charge in [0.05, 0.1) is 16.8 Å². The Kier molecular flexibility index (Phi) is 3.24. The lowest BCUT2D eigenvalue weighted by Gasteiger charge is -2.22. The van der Waals surface area contributed by atoms with E-state index in [1.54, 1.807) is 12.1 Å². The van der Waals surface area contributed by atoms with Gasteiger partial charge in [0.1, 0.15) is 4.90 Å². The van der Waals surface area contributed by atoms with Crippen molar-refractivity contribution in [3.8, 4) is 0 Å². The molecular formula is C15H12N2O5S. The minimum atomic E-state index is -4.65. The van der Waals surface area contributed by atoms with Gasteiger partial charge in [0.25, 0.3) is 10.1 Å². The van der Waals surface area contributed by atoms with Gasteiger partial charge in [-0.15, -0.1) is 0 Å². The summed E-state index contributed by atoms with van der Waals surface area (Å²) >= 11 is 0. The van der Waals surface area contributed by atoms with E-state index < -0.39 is 32.3 Å². The molecule has 0 aliphatic heterocycles. The molecule has 2 aromatic carbocycles. The zero-order chi connectivity index (χ0) is 16.9. The molecule has 0 unspecified atom stereocenters. The van der Waals surface area contributed by atoms with Crippen molar-refractivity contribution in [3.05, 3.63) is 52.6 Å². The first-order valence-corrected chi connectivity index (χ1v) is 8.01. The van der Waals surface area contributed by atoms with Crippen LogP contribution in [0, 0.1) is 0 Å². The number of benzene rings is 2. The van der Waals surface area contributed by atoms with Crippen molar-refractivity contribution >= 4 is 33.1 Å². The SMILES string of the molecule is CNc1cc(S(=O)(=O)O)c(N)c2c1C(=O)c1ccccc1C2=O. The molecule has 7 nitrogen and oxygen atoms in total. The molecule has 1 aliphatic carbocycles. The van der Waals surface area contributed by atoms with Crippen LogP contribution in [0.2, 0.25) is 0 Å². The molecule has 0 atom stereocenters. The van der Waals surface area contributed by atoms with Crippen LogP contribution in [-0.2, 0) is 10.1 Å². The van der Waals surface area contributed by atoms with E-state index in [0.717, 1.165) is 6.07 Å². The number of rotatable bonds is 2. The summed E-state index contributed by atoms with van der Waals surface area (Å²) in [4.78, 5) is 24.8. The van der Waals surface area contributed by atoms with Gasteiger partial charge < -0.3 is 11.1 Å². The van der Waals surface area contributed by atoms with Gasteiger partial charge in [-0.05, 0) is 6.07 Å². The summed E-state index contributed by atoms with van der Waals surface area (Å²) in [5.74, 6) is -0.997. The van der Waals surface area contributed by atoms with Crippen LogP contribution in [0.4, 0.5) is 11.4 Å². The molecule has 4 N–H and O–H groups in total. The van der Waals surface area contributed by atoms with E-state index in [9.17, 15) is 22.6 Å². The van der Waals surface area contributed by atoms with E-state index in [-0.39, 0.29) is 27.9 Å². The van der Waals surface area contributed by atoms with Crippen LogP contribution in [0.1, 0.15) is 31.8 Å². The van der Waals surface area contributed by atoms with Crippen molar-refractivity contribution in [2.75, 3.05) is 18.1 Å². The Morgan fingerprint density at radius 3 is 2.04 bits per heavy atom. The summed E-state index contributed by atoms with van der Waals surface area (Å²) in [6, 6.07) is 7.26. The maximum atomic E-state index is 12.7. The lowest BCUT2D eigenvalue weighted by atomic mass is 9.82. The van der Waals surface area contributed by atoms with Crippen molar-refractivity contribution in [1.82, 2.24) is 0 Å². The average Bonchev–Trinajstić information content (AvgIpc) is 2.51. The standard InChI is InChI=1S/C15H12N2O5S/c1-17-9-6-10(23(20,21)22)13(16)12-11(9)14(18)7-4-2-3-5-8(7)15(12)19/h2-6,17H,16H2,1H3,(H,20,21,22). The number of hydrogen-bond acceptors (Lipinski definition) is 6. The first kappa shape index (κ1) is 15.2. The number of fused-ring (bicyclic) bond motifs is 2. The average molecular weight is 332 g/mol. The molecule has 0 saturated heterocycles. The minimum absolute atomic E-state index is 0.00102. The first-order valence-electron chi connectivity index (χ1n) is 6.57. The summed E-state index contributed by atoms with van der Waals surface area (Å²) in [6.07, 6.45) is 0. The molecule has 0 aromatic heterocycles. The normalized spacial score (nSPS) is 13.5. The van der Waals surface area contributed by atoms with E-state index in [2.05, 4.69) is 5.32 Å². The van der Waals surface area contributed by atoms with E-state index in [0.29, 0.717) is 0 Å². The lowest BCUT2D eigenvalue weighted by molar-refractivity contribution is 0.0980. The molecule has 0 spiro atoms. The van der Waals surface area contributed by atoms with Crippen molar-refractivity contribution in [2.45, 2.75) is 4.90 Å². The fraction of sp³-hybridized carbons (Fsp3) is 0.0667. The molecule has 1 aliphatic rings. The van der Waals surface area contributed by atoms with Gasteiger partial charge in [-0.1, -0.05) is 24.3 Å². The largest absolute Gasteiger partial charge is 0.397 e. The second-order valence-electron chi connectivity index (χ2n) is 5.01. The summed E-state index contributed by atoms with van der Waals surface area (Å²) in [5.41, 5.74) is 5.61. The maximum Gasteiger partial charge on any atom is 0.296 e. The van der Waals surface area contributed by atoms with Crippen LogP contribution in [0.3, 0.4) is 0 Å². The van der Waals surface area contributed by atoms with Crippen molar-refractivity contribution in [1.29, 1.82) is 0 Å².